The minimum atomic E-state index is -0.399. The van der Waals surface area contributed by atoms with E-state index < -0.39 is 5.91 Å². The number of halogens is 1. The number of rotatable bonds is 3. The summed E-state index contributed by atoms with van der Waals surface area (Å²) in [7, 11) is 0. The van der Waals surface area contributed by atoms with Crippen LogP contribution in [0.1, 0.15) is 0 Å². The second-order valence-corrected chi connectivity index (χ2v) is 3.26. The Morgan fingerprint density at radius 1 is 1.58 bits per heavy atom. The van der Waals surface area contributed by atoms with Gasteiger partial charge in [-0.3, -0.25) is 4.79 Å². The lowest BCUT2D eigenvalue weighted by molar-refractivity contribution is -0.115. The van der Waals surface area contributed by atoms with Crippen LogP contribution in [0.25, 0.3) is 0 Å². The van der Waals surface area contributed by atoms with Crippen LogP contribution in [0.3, 0.4) is 0 Å². The highest BCUT2D eigenvalue weighted by molar-refractivity contribution is 8.00. The molecule has 4 heteroatoms. The van der Waals surface area contributed by atoms with Crippen LogP contribution in [0.5, 0.6) is 0 Å². The molecule has 0 bridgehead atoms. The van der Waals surface area contributed by atoms with Crippen LogP contribution in [0.2, 0.25) is 0 Å². The van der Waals surface area contributed by atoms with Gasteiger partial charge in [-0.2, -0.15) is 0 Å². The van der Waals surface area contributed by atoms with Gasteiger partial charge in [-0.1, -0.05) is 6.07 Å². The molecule has 1 rings (SSSR count). The molecule has 0 saturated carbocycles. The van der Waals surface area contributed by atoms with Crippen LogP contribution >= 0.6 is 11.8 Å². The second-order valence-electron chi connectivity index (χ2n) is 2.21. The zero-order valence-electron chi connectivity index (χ0n) is 6.29. The van der Waals surface area contributed by atoms with E-state index in [1.54, 1.807) is 12.1 Å². The van der Waals surface area contributed by atoms with Gasteiger partial charge in [0.2, 0.25) is 5.91 Å². The highest BCUT2D eigenvalue weighted by Crippen LogP contribution is 2.17. The molecule has 0 aromatic heterocycles. The average molecular weight is 185 g/mol. The van der Waals surface area contributed by atoms with Crippen molar-refractivity contribution >= 4 is 17.7 Å². The van der Waals surface area contributed by atoms with E-state index >= 15 is 0 Å². The molecule has 0 fully saturated rings. The van der Waals surface area contributed by atoms with E-state index in [1.165, 1.54) is 23.9 Å². The van der Waals surface area contributed by atoms with Gasteiger partial charge in [0.05, 0.1) is 5.75 Å². The Bertz CT molecular complexity index is 290. The molecule has 0 spiro atoms. The van der Waals surface area contributed by atoms with Crippen LogP contribution in [-0.4, -0.2) is 11.7 Å². The maximum absolute atomic E-state index is 12.6. The number of amides is 1. The van der Waals surface area contributed by atoms with E-state index in [9.17, 15) is 9.18 Å². The van der Waals surface area contributed by atoms with Crippen molar-refractivity contribution in [2.45, 2.75) is 4.90 Å². The fourth-order valence-corrected chi connectivity index (χ4v) is 1.39. The van der Waals surface area contributed by atoms with Crippen LogP contribution in [-0.2, 0) is 4.79 Å². The number of carbonyl (C=O) groups is 1. The third kappa shape index (κ3) is 2.92. The van der Waals surface area contributed by atoms with Crippen molar-refractivity contribution in [1.29, 1.82) is 0 Å². The number of primary amides is 1. The lowest BCUT2D eigenvalue weighted by atomic mass is 10.4. The molecule has 1 aromatic carbocycles. The Balaban J connectivity index is 2.57. The molecule has 0 saturated heterocycles. The number of hydrogen-bond acceptors (Lipinski definition) is 2. The Hall–Kier alpha value is -1.03. The molecule has 0 unspecified atom stereocenters. The van der Waals surface area contributed by atoms with Crippen LogP contribution < -0.4 is 5.73 Å². The number of thioether (sulfide) groups is 1. The topological polar surface area (TPSA) is 43.1 Å². The summed E-state index contributed by atoms with van der Waals surface area (Å²) >= 11 is 1.23. The van der Waals surface area contributed by atoms with Gasteiger partial charge in [0.25, 0.3) is 0 Å². The molecule has 0 aliphatic rings. The highest BCUT2D eigenvalue weighted by atomic mass is 32.2. The average Bonchev–Trinajstić information content (AvgIpc) is 2.01. The van der Waals surface area contributed by atoms with Crippen molar-refractivity contribution in [2.75, 3.05) is 5.75 Å². The van der Waals surface area contributed by atoms with Crippen LogP contribution in [0, 0.1) is 5.82 Å². The van der Waals surface area contributed by atoms with Gasteiger partial charge < -0.3 is 5.73 Å². The Labute approximate surface area is 74.0 Å². The van der Waals surface area contributed by atoms with Gasteiger partial charge in [0, 0.05) is 4.90 Å². The molecular formula is C8H8FNOS. The van der Waals surface area contributed by atoms with Crippen molar-refractivity contribution in [3.63, 3.8) is 0 Å². The monoisotopic (exact) mass is 185 g/mol. The molecule has 64 valence electrons. The first-order chi connectivity index (χ1) is 5.68. The number of carbonyl (C=O) groups excluding carboxylic acids is 1. The predicted molar refractivity (Wildman–Crippen MR) is 46.3 cm³/mol. The zero-order valence-corrected chi connectivity index (χ0v) is 7.10. The molecule has 2 nitrogen and oxygen atoms in total. The minimum absolute atomic E-state index is 0.184. The van der Waals surface area contributed by atoms with Gasteiger partial charge in [0.1, 0.15) is 5.82 Å². The summed E-state index contributed by atoms with van der Waals surface area (Å²) in [6, 6.07) is 6.05. The summed E-state index contributed by atoms with van der Waals surface area (Å²) in [5.74, 6) is -0.516. The predicted octanol–water partition coefficient (Wildman–Crippen LogP) is 1.40. The molecule has 0 aliphatic carbocycles. The first-order valence-corrected chi connectivity index (χ1v) is 4.34. The smallest absolute Gasteiger partial charge is 0.227 e. The zero-order chi connectivity index (χ0) is 8.97. The largest absolute Gasteiger partial charge is 0.369 e. The second kappa shape index (κ2) is 4.11. The Morgan fingerprint density at radius 2 is 2.33 bits per heavy atom. The van der Waals surface area contributed by atoms with Gasteiger partial charge in [-0.15, -0.1) is 11.8 Å². The number of nitrogens with two attached hydrogens (primary N) is 1. The molecule has 0 atom stereocenters. The molecule has 0 radical (unpaired) electrons. The van der Waals surface area contributed by atoms with Crippen molar-refractivity contribution in [2.24, 2.45) is 5.73 Å². The van der Waals surface area contributed by atoms with E-state index in [0.717, 1.165) is 0 Å². The maximum atomic E-state index is 12.6. The van der Waals surface area contributed by atoms with E-state index in [4.69, 9.17) is 5.73 Å². The standard InChI is InChI=1S/C8H8FNOS/c9-6-2-1-3-7(4-6)12-5-8(10)11/h1-4H,5H2,(H2,10,11). The van der Waals surface area contributed by atoms with Gasteiger partial charge in [-0.05, 0) is 18.2 Å². The minimum Gasteiger partial charge on any atom is -0.369 e. The van der Waals surface area contributed by atoms with Gasteiger partial charge in [0.15, 0.2) is 0 Å². The lowest BCUT2D eigenvalue weighted by Gasteiger charge is -1.97. The normalized spacial score (nSPS) is 9.75. The summed E-state index contributed by atoms with van der Waals surface area (Å²) in [6.07, 6.45) is 0. The third-order valence-corrected chi connectivity index (χ3v) is 2.19. The molecule has 0 heterocycles. The van der Waals surface area contributed by atoms with Crippen LogP contribution in [0.4, 0.5) is 4.39 Å². The third-order valence-electron chi connectivity index (χ3n) is 1.18. The van der Waals surface area contributed by atoms with Gasteiger partial charge >= 0.3 is 0 Å². The van der Waals surface area contributed by atoms with E-state index in [2.05, 4.69) is 0 Å². The first kappa shape index (κ1) is 9.06. The van der Waals surface area contributed by atoms with E-state index in [-0.39, 0.29) is 11.6 Å². The molecule has 2 N–H and O–H groups in total. The lowest BCUT2D eigenvalue weighted by Crippen LogP contribution is -2.12. The van der Waals surface area contributed by atoms with Crippen molar-refractivity contribution < 1.29 is 9.18 Å². The summed E-state index contributed by atoms with van der Waals surface area (Å²) in [6.45, 7) is 0. The fraction of sp³-hybridized carbons (Fsp3) is 0.125. The quantitative estimate of drug-likeness (QED) is 0.723. The Morgan fingerprint density at radius 3 is 2.92 bits per heavy atom. The molecule has 12 heavy (non-hydrogen) atoms. The van der Waals surface area contributed by atoms with Crippen molar-refractivity contribution in [3.05, 3.63) is 30.1 Å². The molecular weight excluding hydrogens is 177 g/mol. The number of benzene rings is 1. The summed E-state index contributed by atoms with van der Waals surface area (Å²) < 4.78 is 12.6. The number of hydrogen-bond donors (Lipinski definition) is 1. The molecule has 1 amide bonds. The summed E-state index contributed by atoms with van der Waals surface area (Å²) in [5, 5.41) is 0. The molecule has 0 aliphatic heterocycles. The highest BCUT2D eigenvalue weighted by Gasteiger charge is 1.98. The first-order valence-electron chi connectivity index (χ1n) is 3.35. The van der Waals surface area contributed by atoms with Gasteiger partial charge in [-0.25, -0.2) is 4.39 Å². The SMILES string of the molecule is NC(=O)CSc1cccc(F)c1. The maximum Gasteiger partial charge on any atom is 0.227 e. The molecule has 1 aromatic rings. The summed E-state index contributed by atoms with van der Waals surface area (Å²) in [4.78, 5) is 11.1. The Kier molecular flexibility index (Phi) is 3.10. The van der Waals surface area contributed by atoms with Crippen LogP contribution in [0.15, 0.2) is 29.2 Å². The van der Waals surface area contributed by atoms with Crippen molar-refractivity contribution in [3.8, 4) is 0 Å². The van der Waals surface area contributed by atoms with E-state index in [0.29, 0.717) is 4.90 Å². The van der Waals surface area contributed by atoms with E-state index in [1.807, 2.05) is 0 Å². The summed E-state index contributed by atoms with van der Waals surface area (Å²) in [5.41, 5.74) is 4.92. The fourth-order valence-electron chi connectivity index (χ4n) is 0.711. The van der Waals surface area contributed by atoms with Crippen molar-refractivity contribution in [1.82, 2.24) is 0 Å².